The van der Waals surface area contributed by atoms with E-state index in [-0.39, 0.29) is 17.1 Å². The van der Waals surface area contributed by atoms with Gasteiger partial charge in [-0.25, -0.2) is 8.42 Å². The van der Waals surface area contributed by atoms with Gasteiger partial charge in [-0.1, -0.05) is 35.9 Å². The molecule has 0 saturated heterocycles. The predicted octanol–water partition coefficient (Wildman–Crippen LogP) is 1.58. The zero-order valence-corrected chi connectivity index (χ0v) is 14.6. The van der Waals surface area contributed by atoms with Gasteiger partial charge in [0.15, 0.2) is 0 Å². The Morgan fingerprint density at radius 2 is 1.76 bits per heavy atom. The normalized spacial score (nSPS) is 11.6. The van der Waals surface area contributed by atoms with Crippen LogP contribution < -0.4 is 9.83 Å². The molecule has 1 aromatic heterocycles. The van der Waals surface area contributed by atoms with Crippen LogP contribution >= 0.6 is 0 Å². The standard InChI is InChI=1S/C18H18N2O4S/c1-12-7-9-13(10-8-12)25(23,24)19-18-15(11-17(21)22)14-5-3-4-6-16(14)20(18)2/h3-10,19H,11H2,1-2H3,(H,21,22)/p-1. The van der Waals surface area contributed by atoms with E-state index in [1.165, 1.54) is 12.1 Å². The highest BCUT2D eigenvalue weighted by Gasteiger charge is 2.21. The lowest BCUT2D eigenvalue weighted by molar-refractivity contribution is -0.304. The maximum absolute atomic E-state index is 12.7. The topological polar surface area (TPSA) is 91.2 Å². The highest BCUT2D eigenvalue weighted by molar-refractivity contribution is 7.92. The lowest BCUT2D eigenvalue weighted by Gasteiger charge is -2.12. The fourth-order valence-corrected chi connectivity index (χ4v) is 3.96. The zero-order valence-electron chi connectivity index (χ0n) is 13.8. The summed E-state index contributed by atoms with van der Waals surface area (Å²) in [6.45, 7) is 1.87. The minimum absolute atomic E-state index is 0.114. The molecular weight excluding hydrogens is 340 g/mol. The van der Waals surface area contributed by atoms with Gasteiger partial charge >= 0.3 is 0 Å². The van der Waals surface area contributed by atoms with E-state index >= 15 is 0 Å². The van der Waals surface area contributed by atoms with Crippen molar-refractivity contribution < 1.29 is 18.3 Å². The third kappa shape index (κ3) is 3.23. The van der Waals surface area contributed by atoms with E-state index in [0.717, 1.165) is 11.1 Å². The number of carboxylic acid groups (broad SMARTS) is 1. The molecule has 0 saturated carbocycles. The number of carboxylic acids is 1. The summed E-state index contributed by atoms with van der Waals surface area (Å²) < 4.78 is 29.6. The highest BCUT2D eigenvalue weighted by Crippen LogP contribution is 2.31. The first-order valence-corrected chi connectivity index (χ1v) is 9.13. The molecule has 3 rings (SSSR count). The molecule has 0 amide bonds. The van der Waals surface area contributed by atoms with Crippen molar-refractivity contribution in [3.63, 3.8) is 0 Å². The summed E-state index contributed by atoms with van der Waals surface area (Å²) in [5.74, 6) is -1.04. The number of aliphatic carboxylic acids is 1. The quantitative estimate of drug-likeness (QED) is 0.750. The van der Waals surface area contributed by atoms with Gasteiger partial charge in [-0.05, 0) is 25.1 Å². The second-order valence-corrected chi connectivity index (χ2v) is 7.55. The molecule has 25 heavy (non-hydrogen) atoms. The van der Waals surface area contributed by atoms with Crippen molar-refractivity contribution in [2.45, 2.75) is 18.2 Å². The SMILES string of the molecule is Cc1ccc(S(=O)(=O)Nc2c(CC(=O)[O-])c3ccccc3n2C)cc1. The number of hydrogen-bond acceptors (Lipinski definition) is 4. The molecule has 1 heterocycles. The molecule has 6 nitrogen and oxygen atoms in total. The average molecular weight is 357 g/mol. The summed E-state index contributed by atoms with van der Waals surface area (Å²) in [5.41, 5.74) is 2.07. The maximum Gasteiger partial charge on any atom is 0.263 e. The van der Waals surface area contributed by atoms with Gasteiger partial charge in [-0.3, -0.25) is 4.72 Å². The number of carbonyl (C=O) groups is 1. The van der Waals surface area contributed by atoms with Gasteiger partial charge in [0.2, 0.25) is 0 Å². The molecule has 3 aromatic rings. The fraction of sp³-hybridized carbons (Fsp3) is 0.167. The number of hydrogen-bond donors (Lipinski definition) is 1. The summed E-state index contributed by atoms with van der Waals surface area (Å²) in [5, 5.41) is 11.8. The average Bonchev–Trinajstić information content (AvgIpc) is 2.81. The first-order valence-electron chi connectivity index (χ1n) is 7.65. The molecule has 0 bridgehead atoms. The van der Waals surface area contributed by atoms with Crippen LogP contribution in [0.15, 0.2) is 53.4 Å². The van der Waals surface area contributed by atoms with Crippen LogP contribution in [0.5, 0.6) is 0 Å². The Bertz CT molecular complexity index is 1050. The second-order valence-electron chi connectivity index (χ2n) is 5.87. The van der Waals surface area contributed by atoms with Crippen LogP contribution in [0.4, 0.5) is 5.82 Å². The summed E-state index contributed by atoms with van der Waals surface area (Å²) >= 11 is 0. The van der Waals surface area contributed by atoms with Crippen molar-refractivity contribution in [2.24, 2.45) is 7.05 Å². The molecule has 130 valence electrons. The van der Waals surface area contributed by atoms with Crippen molar-refractivity contribution in [1.29, 1.82) is 0 Å². The molecular formula is C18H17N2O4S-. The van der Waals surface area contributed by atoms with E-state index in [1.54, 1.807) is 41.9 Å². The molecule has 0 aliphatic carbocycles. The van der Waals surface area contributed by atoms with Crippen LogP contribution in [0, 0.1) is 6.92 Å². The van der Waals surface area contributed by atoms with Crippen molar-refractivity contribution >= 4 is 32.7 Å². The van der Waals surface area contributed by atoms with E-state index < -0.39 is 16.0 Å². The molecule has 0 aliphatic heterocycles. The first-order chi connectivity index (χ1) is 11.8. The molecule has 0 aliphatic rings. The number of nitrogens with one attached hydrogen (secondary N) is 1. The van der Waals surface area contributed by atoms with Crippen LogP contribution in [-0.2, 0) is 28.3 Å². The number of sulfonamides is 1. The van der Waals surface area contributed by atoms with Gasteiger partial charge in [0.25, 0.3) is 10.0 Å². The Hall–Kier alpha value is -2.80. The maximum atomic E-state index is 12.7. The Labute approximate surface area is 145 Å². The summed E-state index contributed by atoms with van der Waals surface area (Å²) in [7, 11) is -2.15. The molecule has 0 unspecified atom stereocenters. The Morgan fingerprint density at radius 1 is 1.12 bits per heavy atom. The van der Waals surface area contributed by atoms with E-state index in [2.05, 4.69) is 4.72 Å². The van der Waals surface area contributed by atoms with E-state index in [4.69, 9.17) is 0 Å². The highest BCUT2D eigenvalue weighted by atomic mass is 32.2. The minimum atomic E-state index is -3.84. The van der Waals surface area contributed by atoms with Gasteiger partial charge in [0.1, 0.15) is 5.82 Å². The third-order valence-electron chi connectivity index (χ3n) is 4.10. The number of nitrogens with zero attached hydrogens (tertiary/aromatic N) is 1. The fourth-order valence-electron chi connectivity index (χ4n) is 2.83. The van der Waals surface area contributed by atoms with Gasteiger partial charge < -0.3 is 14.5 Å². The van der Waals surface area contributed by atoms with Crippen LogP contribution in [0.25, 0.3) is 10.9 Å². The van der Waals surface area contributed by atoms with Crippen molar-refractivity contribution in [3.05, 3.63) is 59.7 Å². The van der Waals surface area contributed by atoms with Crippen LogP contribution in [0.3, 0.4) is 0 Å². The third-order valence-corrected chi connectivity index (χ3v) is 5.45. The lowest BCUT2D eigenvalue weighted by atomic mass is 10.1. The van der Waals surface area contributed by atoms with Crippen LogP contribution in [0.1, 0.15) is 11.1 Å². The molecule has 0 atom stereocenters. The van der Waals surface area contributed by atoms with Gasteiger partial charge in [0.05, 0.1) is 4.90 Å². The first kappa shape index (κ1) is 17.0. The lowest BCUT2D eigenvalue weighted by Crippen LogP contribution is -2.25. The Kier molecular flexibility index (Phi) is 4.26. The van der Waals surface area contributed by atoms with E-state index in [0.29, 0.717) is 10.9 Å². The zero-order chi connectivity index (χ0) is 18.2. The summed E-state index contributed by atoms with van der Waals surface area (Å²) in [6.07, 6.45) is -0.382. The minimum Gasteiger partial charge on any atom is -0.550 e. The van der Waals surface area contributed by atoms with Gasteiger partial charge in [-0.15, -0.1) is 0 Å². The van der Waals surface area contributed by atoms with Gasteiger partial charge in [0, 0.05) is 35.9 Å². The largest absolute Gasteiger partial charge is 0.550 e. The molecule has 0 radical (unpaired) electrons. The van der Waals surface area contributed by atoms with Crippen molar-refractivity contribution in [2.75, 3.05) is 4.72 Å². The number of aromatic nitrogens is 1. The van der Waals surface area contributed by atoms with Crippen molar-refractivity contribution in [3.8, 4) is 0 Å². The monoisotopic (exact) mass is 357 g/mol. The van der Waals surface area contributed by atoms with Gasteiger partial charge in [-0.2, -0.15) is 0 Å². The van der Waals surface area contributed by atoms with E-state index in [9.17, 15) is 18.3 Å². The predicted molar refractivity (Wildman–Crippen MR) is 93.6 cm³/mol. The second kappa shape index (κ2) is 6.25. The smallest absolute Gasteiger partial charge is 0.263 e. The number of fused-ring (bicyclic) bond motifs is 1. The molecule has 7 heteroatoms. The van der Waals surface area contributed by atoms with E-state index in [1.807, 2.05) is 13.0 Å². The summed E-state index contributed by atoms with van der Waals surface area (Å²) in [4.78, 5) is 11.3. The van der Waals surface area contributed by atoms with Crippen LogP contribution in [0.2, 0.25) is 0 Å². The Balaban J connectivity index is 2.13. The number of anilines is 1. The molecule has 0 spiro atoms. The number of para-hydroxylation sites is 1. The molecule has 0 fully saturated rings. The number of carbonyl (C=O) groups excluding carboxylic acids is 1. The molecule has 2 aromatic carbocycles. The number of benzene rings is 2. The molecule has 1 N–H and O–H groups in total. The van der Waals surface area contributed by atoms with Crippen LogP contribution in [-0.4, -0.2) is 19.0 Å². The Morgan fingerprint density at radius 3 is 2.40 bits per heavy atom. The summed E-state index contributed by atoms with van der Waals surface area (Å²) in [6, 6.07) is 13.6. The number of rotatable bonds is 5. The van der Waals surface area contributed by atoms with Crippen molar-refractivity contribution in [1.82, 2.24) is 4.57 Å². The number of aryl methyl sites for hydroxylation is 2.